The molecular weight excluding hydrogens is 368 g/mol. The van der Waals surface area contributed by atoms with E-state index in [0.717, 1.165) is 36.8 Å². The van der Waals surface area contributed by atoms with Crippen LogP contribution < -0.4 is 0 Å². The maximum atomic E-state index is 12.6. The van der Waals surface area contributed by atoms with Gasteiger partial charge >= 0.3 is 0 Å². The third-order valence-corrected chi connectivity index (χ3v) is 8.58. The Labute approximate surface area is 171 Å². The van der Waals surface area contributed by atoms with Gasteiger partial charge in [-0.3, -0.25) is 4.55 Å². The molecule has 3 fully saturated rings. The van der Waals surface area contributed by atoms with Crippen LogP contribution >= 0.6 is 0 Å². The Balaban J connectivity index is 1.84. The predicted molar refractivity (Wildman–Crippen MR) is 114 cm³/mol. The van der Waals surface area contributed by atoms with Gasteiger partial charge in [-0.1, -0.05) is 69.9 Å². The average molecular weight is 405 g/mol. The van der Waals surface area contributed by atoms with Gasteiger partial charge in [-0.05, 0) is 73.0 Å². The van der Waals surface area contributed by atoms with Crippen LogP contribution in [0.4, 0.5) is 0 Å². The van der Waals surface area contributed by atoms with E-state index in [-0.39, 0.29) is 11.8 Å². The molecule has 4 heteroatoms. The lowest BCUT2D eigenvalue weighted by atomic mass is 9.76. The second-order valence-corrected chi connectivity index (χ2v) is 10.9. The molecular formula is C24H36O3S. The molecule has 3 nitrogen and oxygen atoms in total. The summed E-state index contributed by atoms with van der Waals surface area (Å²) < 4.78 is 35.5. The Morgan fingerprint density at radius 1 is 0.607 bits per heavy atom. The highest BCUT2D eigenvalue weighted by Gasteiger charge is 2.32. The van der Waals surface area contributed by atoms with Crippen LogP contribution in [-0.4, -0.2) is 13.0 Å². The first-order chi connectivity index (χ1) is 13.5. The molecule has 0 spiro atoms. The minimum atomic E-state index is -4.21. The van der Waals surface area contributed by atoms with Crippen LogP contribution in [-0.2, 0) is 10.1 Å². The Morgan fingerprint density at radius 2 is 0.964 bits per heavy atom. The van der Waals surface area contributed by atoms with Gasteiger partial charge in [-0.15, -0.1) is 0 Å². The molecule has 156 valence electrons. The smallest absolute Gasteiger partial charge is 0.282 e. The molecule has 0 unspecified atom stereocenters. The molecule has 0 aliphatic heterocycles. The van der Waals surface area contributed by atoms with Gasteiger partial charge in [0, 0.05) is 0 Å². The average Bonchev–Trinajstić information content (AvgIpc) is 2.74. The molecule has 1 aromatic rings. The van der Waals surface area contributed by atoms with Crippen LogP contribution in [0, 0.1) is 0 Å². The second kappa shape index (κ2) is 8.87. The van der Waals surface area contributed by atoms with E-state index in [0.29, 0.717) is 10.8 Å². The van der Waals surface area contributed by atoms with E-state index >= 15 is 0 Å². The van der Waals surface area contributed by atoms with E-state index in [2.05, 4.69) is 12.1 Å². The zero-order chi connectivity index (χ0) is 19.6. The van der Waals surface area contributed by atoms with Crippen molar-refractivity contribution in [2.24, 2.45) is 0 Å². The van der Waals surface area contributed by atoms with Crippen LogP contribution in [0.25, 0.3) is 0 Å². The Kier molecular flexibility index (Phi) is 6.46. The van der Waals surface area contributed by atoms with Crippen molar-refractivity contribution >= 4 is 10.1 Å². The van der Waals surface area contributed by atoms with E-state index in [1.54, 1.807) is 0 Å². The lowest BCUT2D eigenvalue weighted by Crippen LogP contribution is -2.18. The van der Waals surface area contributed by atoms with E-state index in [4.69, 9.17) is 0 Å². The predicted octanol–water partition coefficient (Wildman–Crippen LogP) is 7.08. The molecule has 1 N–H and O–H groups in total. The fraction of sp³-hybridized carbons (Fsp3) is 0.750. The standard InChI is InChI=1S/C24H36O3S/c25-28(26,27)24-22(19-12-6-2-7-13-19)16-21(18-10-4-1-5-11-18)17-23(24)20-14-8-3-9-15-20/h16-20H,1-15H2,(H,25,26,27). The van der Waals surface area contributed by atoms with Crippen LogP contribution in [0.3, 0.4) is 0 Å². The maximum Gasteiger partial charge on any atom is 0.295 e. The van der Waals surface area contributed by atoms with Crippen molar-refractivity contribution in [3.8, 4) is 0 Å². The molecule has 1 aromatic carbocycles. The zero-order valence-corrected chi connectivity index (χ0v) is 18.0. The Bertz CT molecular complexity index is 726. The first-order valence-electron chi connectivity index (χ1n) is 11.7. The third kappa shape index (κ3) is 4.48. The van der Waals surface area contributed by atoms with Crippen LogP contribution in [0.1, 0.15) is 131 Å². The molecule has 0 heterocycles. The van der Waals surface area contributed by atoms with Gasteiger partial charge in [-0.2, -0.15) is 8.42 Å². The highest BCUT2D eigenvalue weighted by molar-refractivity contribution is 7.86. The molecule has 0 radical (unpaired) electrons. The van der Waals surface area contributed by atoms with Gasteiger partial charge < -0.3 is 0 Å². The van der Waals surface area contributed by atoms with Crippen LogP contribution in [0.15, 0.2) is 17.0 Å². The van der Waals surface area contributed by atoms with Crippen molar-refractivity contribution in [2.75, 3.05) is 0 Å². The molecule has 0 amide bonds. The van der Waals surface area contributed by atoms with Crippen molar-refractivity contribution in [3.63, 3.8) is 0 Å². The topological polar surface area (TPSA) is 54.4 Å². The van der Waals surface area contributed by atoms with Crippen LogP contribution in [0.2, 0.25) is 0 Å². The summed E-state index contributed by atoms with van der Waals surface area (Å²) in [5, 5.41) is 0. The molecule has 0 atom stereocenters. The molecule has 4 rings (SSSR count). The first kappa shape index (κ1) is 20.4. The van der Waals surface area contributed by atoms with Gasteiger partial charge in [0.2, 0.25) is 0 Å². The van der Waals surface area contributed by atoms with Crippen molar-refractivity contribution in [1.82, 2.24) is 0 Å². The summed E-state index contributed by atoms with van der Waals surface area (Å²) in [5.41, 5.74) is 3.25. The summed E-state index contributed by atoms with van der Waals surface area (Å²) >= 11 is 0. The van der Waals surface area contributed by atoms with E-state index in [9.17, 15) is 13.0 Å². The minimum Gasteiger partial charge on any atom is -0.282 e. The number of benzene rings is 1. The van der Waals surface area contributed by atoms with Gasteiger partial charge in [0.1, 0.15) is 4.90 Å². The van der Waals surface area contributed by atoms with Gasteiger partial charge in [0.25, 0.3) is 10.1 Å². The number of hydrogen-bond acceptors (Lipinski definition) is 2. The van der Waals surface area contributed by atoms with Crippen LogP contribution in [0.5, 0.6) is 0 Å². The van der Waals surface area contributed by atoms with E-state index in [1.807, 2.05) is 0 Å². The maximum absolute atomic E-state index is 12.6. The molecule has 28 heavy (non-hydrogen) atoms. The highest BCUT2D eigenvalue weighted by Crippen LogP contribution is 2.45. The fourth-order valence-corrected chi connectivity index (χ4v) is 7.15. The fourth-order valence-electron chi connectivity index (χ4n) is 6.10. The first-order valence-corrected chi connectivity index (χ1v) is 13.1. The summed E-state index contributed by atoms with van der Waals surface area (Å²) in [6, 6.07) is 4.39. The molecule has 0 aromatic heterocycles. The Morgan fingerprint density at radius 3 is 1.32 bits per heavy atom. The lowest BCUT2D eigenvalue weighted by Gasteiger charge is -2.31. The summed E-state index contributed by atoms with van der Waals surface area (Å²) in [6.45, 7) is 0. The minimum absolute atomic E-state index is 0.288. The van der Waals surface area contributed by atoms with Gasteiger partial charge in [0.15, 0.2) is 0 Å². The summed E-state index contributed by atoms with van der Waals surface area (Å²) in [5.74, 6) is 1.14. The molecule has 3 aliphatic rings. The third-order valence-electron chi connectivity index (χ3n) is 7.59. The molecule has 3 saturated carbocycles. The Hall–Kier alpha value is -0.870. The largest absolute Gasteiger partial charge is 0.295 e. The normalized spacial score (nSPS) is 23.8. The number of rotatable bonds is 4. The van der Waals surface area contributed by atoms with E-state index in [1.165, 1.54) is 76.2 Å². The van der Waals surface area contributed by atoms with Crippen molar-refractivity contribution in [2.45, 2.75) is 119 Å². The molecule has 3 aliphatic carbocycles. The van der Waals surface area contributed by atoms with Crippen molar-refractivity contribution in [3.05, 3.63) is 28.8 Å². The SMILES string of the molecule is O=S(=O)(O)c1c(C2CCCCC2)cc(C2CCCCC2)cc1C1CCCCC1. The quantitative estimate of drug-likeness (QED) is 0.546. The molecule has 0 saturated heterocycles. The zero-order valence-electron chi connectivity index (χ0n) is 17.2. The lowest BCUT2D eigenvalue weighted by molar-refractivity contribution is 0.413. The summed E-state index contributed by atoms with van der Waals surface area (Å²) in [6.07, 6.45) is 17.7. The van der Waals surface area contributed by atoms with Gasteiger partial charge in [0.05, 0.1) is 0 Å². The second-order valence-electron chi connectivity index (χ2n) is 9.51. The summed E-state index contributed by atoms with van der Waals surface area (Å²) in [7, 11) is -4.21. The highest BCUT2D eigenvalue weighted by atomic mass is 32.2. The monoisotopic (exact) mass is 404 g/mol. The van der Waals surface area contributed by atoms with Gasteiger partial charge in [-0.25, -0.2) is 0 Å². The number of hydrogen-bond donors (Lipinski definition) is 1. The van der Waals surface area contributed by atoms with E-state index < -0.39 is 10.1 Å². The van der Waals surface area contributed by atoms with Crippen molar-refractivity contribution < 1.29 is 13.0 Å². The van der Waals surface area contributed by atoms with Crippen molar-refractivity contribution in [1.29, 1.82) is 0 Å². The summed E-state index contributed by atoms with van der Waals surface area (Å²) in [4.78, 5) is 0.297. The molecule has 0 bridgehead atoms.